The van der Waals surface area contributed by atoms with Crippen LogP contribution in [0.25, 0.3) is 27.8 Å². The van der Waals surface area contributed by atoms with Crippen LogP contribution >= 0.6 is 0 Å². The summed E-state index contributed by atoms with van der Waals surface area (Å²) in [6.45, 7) is 18.6. The number of furan rings is 1. The number of hydrogen-bond acceptors (Lipinski definition) is 2. The number of benzene rings is 5. The highest BCUT2D eigenvalue weighted by Crippen LogP contribution is 2.29. The zero-order valence-electron chi connectivity index (χ0n) is 25.7. The molecule has 0 saturated heterocycles. The average molecular weight is 572 g/mol. The number of aryl methyl sites for hydroxylation is 2. The van der Waals surface area contributed by atoms with Gasteiger partial charge < -0.3 is 4.42 Å². The first-order valence-corrected chi connectivity index (χ1v) is 14.7. The fourth-order valence-electron chi connectivity index (χ4n) is 5.10. The lowest BCUT2D eigenvalue weighted by atomic mass is 9.96. The predicted molar refractivity (Wildman–Crippen MR) is 189 cm³/mol. The Morgan fingerprint density at radius 1 is 0.568 bits per heavy atom. The number of aliphatic imine (C=N–C) groups is 1. The molecular weight excluding hydrogens is 534 g/mol. The van der Waals surface area contributed by atoms with Gasteiger partial charge in [-0.1, -0.05) is 153 Å². The monoisotopic (exact) mass is 571 g/mol. The van der Waals surface area contributed by atoms with Crippen LogP contribution in [0.2, 0.25) is 0 Å². The summed E-state index contributed by atoms with van der Waals surface area (Å²) >= 11 is 0. The average Bonchev–Trinajstić information content (AvgIpc) is 3.40. The Morgan fingerprint density at radius 3 is 1.73 bits per heavy atom. The smallest absolute Gasteiger partial charge is 0.157 e. The van der Waals surface area contributed by atoms with Crippen LogP contribution in [-0.4, -0.2) is 5.71 Å². The maximum atomic E-state index is 6.24. The molecule has 0 bridgehead atoms. The summed E-state index contributed by atoms with van der Waals surface area (Å²) in [5.41, 5.74) is 12.3. The van der Waals surface area contributed by atoms with E-state index in [1.165, 1.54) is 16.7 Å². The highest BCUT2D eigenvalue weighted by molar-refractivity contribution is 6.15. The van der Waals surface area contributed by atoms with Gasteiger partial charge in [0.25, 0.3) is 0 Å². The number of allylic oxidation sites excluding steroid dienone is 1. The molecule has 6 rings (SSSR count). The summed E-state index contributed by atoms with van der Waals surface area (Å²) in [5, 5.41) is 1.10. The van der Waals surface area contributed by atoms with Gasteiger partial charge in [-0.25, -0.2) is 4.99 Å². The summed E-state index contributed by atoms with van der Waals surface area (Å²) in [4.78, 5) is 4.92. The van der Waals surface area contributed by atoms with E-state index in [1.807, 2.05) is 73.7 Å². The molecule has 0 fully saturated rings. The number of nitrogens with zero attached hydrogens (tertiary/aromatic N) is 1. The molecule has 0 aliphatic rings. The first-order chi connectivity index (χ1) is 21.3. The summed E-state index contributed by atoms with van der Waals surface area (Å²) < 4.78 is 6.24. The second-order valence-electron chi connectivity index (χ2n) is 10.8. The molecule has 0 aliphatic carbocycles. The van der Waals surface area contributed by atoms with Crippen molar-refractivity contribution in [2.75, 3.05) is 0 Å². The highest BCUT2D eigenvalue weighted by atomic mass is 16.3. The minimum Gasteiger partial charge on any atom is -0.454 e. The fourth-order valence-corrected chi connectivity index (χ4v) is 5.10. The van der Waals surface area contributed by atoms with E-state index in [2.05, 4.69) is 100 Å². The summed E-state index contributed by atoms with van der Waals surface area (Å²) in [7, 11) is 0. The number of rotatable bonds is 7. The predicted octanol–water partition coefficient (Wildman–Crippen LogP) is 11.3. The molecule has 44 heavy (non-hydrogen) atoms. The molecule has 0 amide bonds. The van der Waals surface area contributed by atoms with Crippen LogP contribution in [0.5, 0.6) is 0 Å². The Kier molecular flexibility index (Phi) is 9.32. The molecule has 0 aliphatic heterocycles. The second-order valence-corrected chi connectivity index (χ2v) is 10.8. The normalized spacial score (nSPS) is 11.0. The zero-order chi connectivity index (χ0) is 31.1. The topological polar surface area (TPSA) is 25.5 Å². The molecule has 1 aromatic heterocycles. The molecule has 2 nitrogen and oxygen atoms in total. The molecule has 0 radical (unpaired) electrons. The minimum absolute atomic E-state index is 0.699. The van der Waals surface area contributed by atoms with Crippen LogP contribution in [-0.2, 0) is 0 Å². The first kappa shape index (κ1) is 30.0. The van der Waals surface area contributed by atoms with Gasteiger partial charge in [0.05, 0.1) is 5.70 Å². The van der Waals surface area contributed by atoms with E-state index >= 15 is 0 Å². The Balaban J connectivity index is 0.000000215. The Morgan fingerprint density at radius 2 is 1.11 bits per heavy atom. The third kappa shape index (κ3) is 6.77. The fraction of sp³-hybridized carbons (Fsp3) is 0.0714. The zero-order valence-corrected chi connectivity index (χ0v) is 25.7. The lowest BCUT2D eigenvalue weighted by molar-refractivity contribution is 0.602. The maximum Gasteiger partial charge on any atom is 0.157 e. The lowest BCUT2D eigenvalue weighted by Gasteiger charge is -2.09. The van der Waals surface area contributed by atoms with E-state index in [4.69, 9.17) is 9.41 Å². The van der Waals surface area contributed by atoms with Gasteiger partial charge >= 0.3 is 0 Å². The van der Waals surface area contributed by atoms with Gasteiger partial charge in [-0.2, -0.15) is 0 Å². The van der Waals surface area contributed by atoms with Gasteiger partial charge in [0.1, 0.15) is 11.3 Å². The minimum atomic E-state index is 0.699. The molecule has 1 heterocycles. The van der Waals surface area contributed by atoms with E-state index in [0.29, 0.717) is 5.70 Å². The Hall–Kier alpha value is -5.47. The maximum absolute atomic E-state index is 6.24. The molecule has 216 valence electrons. The first-order valence-electron chi connectivity index (χ1n) is 14.7. The van der Waals surface area contributed by atoms with E-state index < -0.39 is 0 Å². The molecular formula is C42H37NO. The molecule has 0 spiro atoms. The molecule has 2 heteroatoms. The van der Waals surface area contributed by atoms with Gasteiger partial charge in [0.2, 0.25) is 0 Å². The lowest BCUT2D eigenvalue weighted by Crippen LogP contribution is -2.04. The third-order valence-corrected chi connectivity index (χ3v) is 7.66. The standard InChI is InChI=1S/C27H23NO.C15H14/c1-18(2)21-14-16-23(17-15-21)26(28-20(4)22-10-6-5-7-11-22)27-19(3)24-12-8-9-13-25(24)29-27;1-12-8-6-7-11-15(12)13(2)14-9-4-3-5-10-14/h5-17H,1,4H2,2-3H3;3-11H,2H2,1H3. The molecule has 0 unspecified atom stereocenters. The van der Waals surface area contributed by atoms with E-state index in [-0.39, 0.29) is 0 Å². The van der Waals surface area contributed by atoms with E-state index in [0.717, 1.165) is 55.8 Å². The largest absolute Gasteiger partial charge is 0.454 e. The summed E-state index contributed by atoms with van der Waals surface area (Å²) in [5.74, 6) is 0.770. The van der Waals surface area contributed by atoms with Crippen LogP contribution in [0, 0.1) is 13.8 Å². The van der Waals surface area contributed by atoms with Crippen LogP contribution in [0.15, 0.2) is 163 Å². The van der Waals surface area contributed by atoms with Gasteiger partial charge in [-0.3, -0.25) is 0 Å². The second kappa shape index (κ2) is 13.7. The molecule has 5 aromatic carbocycles. The summed E-state index contributed by atoms with van der Waals surface area (Å²) in [6.07, 6.45) is 0. The number of fused-ring (bicyclic) bond motifs is 1. The van der Waals surface area contributed by atoms with Gasteiger partial charge in [0, 0.05) is 16.5 Å². The van der Waals surface area contributed by atoms with Crippen molar-refractivity contribution in [3.63, 3.8) is 0 Å². The van der Waals surface area contributed by atoms with Crippen molar-refractivity contribution in [2.24, 2.45) is 4.99 Å². The van der Waals surface area contributed by atoms with Crippen molar-refractivity contribution in [2.45, 2.75) is 20.8 Å². The van der Waals surface area contributed by atoms with E-state index in [9.17, 15) is 0 Å². The highest BCUT2D eigenvalue weighted by Gasteiger charge is 2.18. The molecule has 0 saturated carbocycles. The summed E-state index contributed by atoms with van der Waals surface area (Å²) in [6, 6.07) is 44.9. The van der Waals surface area contributed by atoms with Crippen LogP contribution in [0.1, 0.15) is 51.6 Å². The van der Waals surface area contributed by atoms with E-state index in [1.54, 1.807) is 0 Å². The van der Waals surface area contributed by atoms with Gasteiger partial charge in [-0.05, 0) is 60.2 Å². The Labute approximate surface area is 261 Å². The van der Waals surface area contributed by atoms with Crippen LogP contribution in [0.4, 0.5) is 0 Å². The van der Waals surface area contributed by atoms with Crippen LogP contribution in [0.3, 0.4) is 0 Å². The Bertz CT molecular complexity index is 1960. The molecule has 0 N–H and O–H groups in total. The number of hydrogen-bond donors (Lipinski definition) is 0. The third-order valence-electron chi connectivity index (χ3n) is 7.66. The molecule has 6 aromatic rings. The SMILES string of the molecule is C=C(C)c1ccc(C(=NC(=C)c2ccccc2)c2oc3ccccc3c2C)cc1.C=C(c1ccccc1)c1ccccc1C. The van der Waals surface area contributed by atoms with Crippen molar-refractivity contribution in [1.29, 1.82) is 0 Å². The van der Waals surface area contributed by atoms with Gasteiger partial charge in [-0.15, -0.1) is 0 Å². The van der Waals surface area contributed by atoms with Crippen molar-refractivity contribution >= 4 is 33.5 Å². The molecule has 0 atom stereocenters. The van der Waals surface area contributed by atoms with Crippen molar-refractivity contribution in [1.82, 2.24) is 0 Å². The number of para-hydroxylation sites is 1. The quantitative estimate of drug-likeness (QED) is 0.175. The van der Waals surface area contributed by atoms with Crippen molar-refractivity contribution in [3.8, 4) is 0 Å². The van der Waals surface area contributed by atoms with Crippen LogP contribution < -0.4 is 0 Å². The van der Waals surface area contributed by atoms with Gasteiger partial charge in [0.15, 0.2) is 5.76 Å². The van der Waals surface area contributed by atoms with Crippen molar-refractivity contribution in [3.05, 3.63) is 198 Å². The van der Waals surface area contributed by atoms with Crippen molar-refractivity contribution < 1.29 is 4.42 Å².